The Hall–Kier alpha value is -2.05. The highest BCUT2D eigenvalue weighted by molar-refractivity contribution is 5.80. The number of rotatable bonds is 8. The summed E-state index contributed by atoms with van der Waals surface area (Å²) in [4.78, 5) is 24.1. The number of carbonyl (C=O) groups excluding carboxylic acids is 1. The van der Waals surface area contributed by atoms with Crippen LogP contribution in [-0.2, 0) is 11.3 Å². The monoisotopic (exact) mass is 282 g/mol. The van der Waals surface area contributed by atoms with Gasteiger partial charge in [0.1, 0.15) is 6.54 Å². The van der Waals surface area contributed by atoms with Crippen molar-refractivity contribution in [2.75, 3.05) is 13.1 Å². The number of aryl methyl sites for hydroxylation is 1. The fourth-order valence-corrected chi connectivity index (χ4v) is 1.76. The molecule has 0 aliphatic heterocycles. The standard InChI is InChI=1S/C13H22N4O3/c1-3-11(2)17(10-12(18)19)13(20)14-6-4-8-16-9-5-7-15-16/h5,7,9,11H,3-4,6,8,10H2,1-2H3,(H,14,20)(H,18,19). The summed E-state index contributed by atoms with van der Waals surface area (Å²) >= 11 is 0. The third kappa shape index (κ3) is 5.29. The summed E-state index contributed by atoms with van der Waals surface area (Å²) in [6.45, 7) is 4.69. The van der Waals surface area contributed by atoms with E-state index in [0.29, 0.717) is 13.0 Å². The number of amides is 2. The van der Waals surface area contributed by atoms with Gasteiger partial charge in [0.15, 0.2) is 0 Å². The van der Waals surface area contributed by atoms with Crippen LogP contribution in [0.3, 0.4) is 0 Å². The van der Waals surface area contributed by atoms with E-state index in [1.54, 1.807) is 10.9 Å². The van der Waals surface area contributed by atoms with E-state index in [1.807, 2.05) is 26.1 Å². The molecule has 1 rings (SSSR count). The number of carboxylic acids is 1. The molecule has 1 aromatic heterocycles. The maximum atomic E-state index is 12.0. The van der Waals surface area contributed by atoms with Gasteiger partial charge >= 0.3 is 12.0 Å². The first kappa shape index (κ1) is 16.0. The molecule has 20 heavy (non-hydrogen) atoms. The normalized spacial score (nSPS) is 11.9. The summed E-state index contributed by atoms with van der Waals surface area (Å²) in [5.74, 6) is -1.00. The van der Waals surface area contributed by atoms with E-state index >= 15 is 0 Å². The van der Waals surface area contributed by atoms with E-state index in [4.69, 9.17) is 5.11 Å². The molecule has 0 spiro atoms. The van der Waals surface area contributed by atoms with Gasteiger partial charge in [-0.25, -0.2) is 4.79 Å². The van der Waals surface area contributed by atoms with Crippen molar-refractivity contribution in [2.24, 2.45) is 0 Å². The van der Waals surface area contributed by atoms with Crippen molar-refractivity contribution >= 4 is 12.0 Å². The van der Waals surface area contributed by atoms with Crippen molar-refractivity contribution in [2.45, 2.75) is 39.3 Å². The number of nitrogens with one attached hydrogen (secondary N) is 1. The third-order valence-electron chi connectivity index (χ3n) is 3.09. The summed E-state index contributed by atoms with van der Waals surface area (Å²) < 4.78 is 1.79. The minimum absolute atomic E-state index is 0.0998. The van der Waals surface area contributed by atoms with Crippen LogP contribution in [0.4, 0.5) is 4.79 Å². The van der Waals surface area contributed by atoms with Gasteiger partial charge in [-0.1, -0.05) is 6.92 Å². The van der Waals surface area contributed by atoms with Gasteiger partial charge in [-0.15, -0.1) is 0 Å². The number of aromatic nitrogens is 2. The predicted octanol–water partition coefficient (Wildman–Crippen LogP) is 1.17. The lowest BCUT2D eigenvalue weighted by Crippen LogP contribution is -2.47. The van der Waals surface area contributed by atoms with E-state index < -0.39 is 5.97 Å². The molecule has 0 aromatic carbocycles. The zero-order valence-corrected chi connectivity index (χ0v) is 12.0. The van der Waals surface area contributed by atoms with Crippen molar-refractivity contribution in [1.29, 1.82) is 0 Å². The summed E-state index contributed by atoms with van der Waals surface area (Å²) in [7, 11) is 0. The molecule has 0 aliphatic carbocycles. The molecule has 1 atom stereocenters. The Bertz CT molecular complexity index is 419. The first-order chi connectivity index (χ1) is 9.54. The molecule has 0 aliphatic rings. The number of carboxylic acid groups (broad SMARTS) is 1. The molecule has 0 fully saturated rings. The van der Waals surface area contributed by atoms with Crippen LogP contribution in [0.25, 0.3) is 0 Å². The number of carbonyl (C=O) groups is 2. The second-order valence-corrected chi connectivity index (χ2v) is 4.63. The molecular formula is C13H22N4O3. The second kappa shape index (κ2) is 8.19. The van der Waals surface area contributed by atoms with E-state index in [9.17, 15) is 9.59 Å². The minimum Gasteiger partial charge on any atom is -0.480 e. The predicted molar refractivity (Wildman–Crippen MR) is 74.3 cm³/mol. The van der Waals surface area contributed by atoms with Gasteiger partial charge in [0.25, 0.3) is 0 Å². The molecule has 7 nitrogen and oxygen atoms in total. The lowest BCUT2D eigenvalue weighted by Gasteiger charge is -2.27. The highest BCUT2D eigenvalue weighted by Gasteiger charge is 2.20. The Kier molecular flexibility index (Phi) is 6.55. The van der Waals surface area contributed by atoms with Gasteiger partial charge in [-0.05, 0) is 25.8 Å². The van der Waals surface area contributed by atoms with Gasteiger partial charge in [-0.2, -0.15) is 5.10 Å². The van der Waals surface area contributed by atoms with Gasteiger partial charge in [0, 0.05) is 31.5 Å². The van der Waals surface area contributed by atoms with E-state index in [-0.39, 0.29) is 18.6 Å². The van der Waals surface area contributed by atoms with Gasteiger partial charge in [0.05, 0.1) is 0 Å². The van der Waals surface area contributed by atoms with Gasteiger partial charge in [-0.3, -0.25) is 9.48 Å². The molecule has 2 N–H and O–H groups in total. The number of urea groups is 1. The van der Waals surface area contributed by atoms with Crippen LogP contribution in [0.5, 0.6) is 0 Å². The molecule has 1 aromatic rings. The molecule has 1 unspecified atom stereocenters. The quantitative estimate of drug-likeness (QED) is 0.701. The van der Waals surface area contributed by atoms with Crippen molar-refractivity contribution in [1.82, 2.24) is 20.0 Å². The van der Waals surface area contributed by atoms with Crippen LogP contribution in [0.1, 0.15) is 26.7 Å². The van der Waals surface area contributed by atoms with Crippen LogP contribution in [0.15, 0.2) is 18.5 Å². The lowest BCUT2D eigenvalue weighted by molar-refractivity contribution is -0.138. The Morgan fingerprint density at radius 1 is 1.50 bits per heavy atom. The Morgan fingerprint density at radius 2 is 2.25 bits per heavy atom. The fraction of sp³-hybridized carbons (Fsp3) is 0.615. The molecule has 0 radical (unpaired) electrons. The highest BCUT2D eigenvalue weighted by Crippen LogP contribution is 2.03. The number of nitrogens with zero attached hydrogens (tertiary/aromatic N) is 3. The maximum absolute atomic E-state index is 12.0. The smallest absolute Gasteiger partial charge is 0.323 e. The summed E-state index contributed by atoms with van der Waals surface area (Å²) in [5, 5.41) is 15.7. The molecule has 0 bridgehead atoms. The van der Waals surface area contributed by atoms with E-state index in [2.05, 4.69) is 10.4 Å². The van der Waals surface area contributed by atoms with Crippen LogP contribution in [0, 0.1) is 0 Å². The lowest BCUT2D eigenvalue weighted by atomic mass is 10.2. The van der Waals surface area contributed by atoms with Gasteiger partial charge < -0.3 is 15.3 Å². The molecule has 0 saturated heterocycles. The maximum Gasteiger partial charge on any atom is 0.323 e. The van der Waals surface area contributed by atoms with Gasteiger partial charge in [0.2, 0.25) is 0 Å². The first-order valence-electron chi connectivity index (χ1n) is 6.78. The minimum atomic E-state index is -1.00. The molecule has 0 saturated carbocycles. The largest absolute Gasteiger partial charge is 0.480 e. The SMILES string of the molecule is CCC(C)N(CC(=O)O)C(=O)NCCCn1cccn1. The zero-order valence-electron chi connectivity index (χ0n) is 12.0. The van der Waals surface area contributed by atoms with Crippen LogP contribution >= 0.6 is 0 Å². The van der Waals surface area contributed by atoms with Crippen molar-refractivity contribution in [3.05, 3.63) is 18.5 Å². The number of hydrogen-bond acceptors (Lipinski definition) is 3. The average molecular weight is 282 g/mol. The molecular weight excluding hydrogens is 260 g/mol. The Morgan fingerprint density at radius 3 is 2.80 bits per heavy atom. The van der Waals surface area contributed by atoms with E-state index in [0.717, 1.165) is 13.0 Å². The molecule has 1 heterocycles. The highest BCUT2D eigenvalue weighted by atomic mass is 16.4. The van der Waals surface area contributed by atoms with E-state index in [1.165, 1.54) is 4.90 Å². The fourth-order valence-electron chi connectivity index (χ4n) is 1.76. The zero-order chi connectivity index (χ0) is 15.0. The number of aliphatic carboxylic acids is 1. The Balaban J connectivity index is 2.35. The number of hydrogen-bond donors (Lipinski definition) is 2. The summed E-state index contributed by atoms with van der Waals surface area (Å²) in [5.41, 5.74) is 0. The first-order valence-corrected chi connectivity index (χ1v) is 6.78. The topological polar surface area (TPSA) is 87.5 Å². The molecule has 112 valence electrons. The summed E-state index contributed by atoms with van der Waals surface area (Å²) in [6.07, 6.45) is 5.02. The Labute approximate surface area is 118 Å². The van der Waals surface area contributed by atoms with Crippen LogP contribution < -0.4 is 5.32 Å². The second-order valence-electron chi connectivity index (χ2n) is 4.63. The third-order valence-corrected chi connectivity index (χ3v) is 3.09. The van der Waals surface area contributed by atoms with Crippen molar-refractivity contribution in [3.63, 3.8) is 0 Å². The average Bonchev–Trinajstić information content (AvgIpc) is 2.92. The molecule has 2 amide bonds. The van der Waals surface area contributed by atoms with Crippen LogP contribution in [0.2, 0.25) is 0 Å². The molecule has 7 heteroatoms. The summed E-state index contributed by atoms with van der Waals surface area (Å²) in [6, 6.07) is 1.41. The van der Waals surface area contributed by atoms with Crippen molar-refractivity contribution in [3.8, 4) is 0 Å². The van der Waals surface area contributed by atoms with Crippen molar-refractivity contribution < 1.29 is 14.7 Å². The van der Waals surface area contributed by atoms with Crippen LogP contribution in [-0.4, -0.2) is 50.9 Å².